The Labute approximate surface area is 161 Å². The van der Waals surface area contributed by atoms with Gasteiger partial charge in [-0.25, -0.2) is 4.98 Å². The molecule has 0 saturated carbocycles. The molecule has 2 aliphatic heterocycles. The number of aromatic nitrogens is 2. The van der Waals surface area contributed by atoms with Crippen molar-refractivity contribution in [3.05, 3.63) is 53.6 Å². The van der Waals surface area contributed by atoms with Crippen LogP contribution in [0.25, 0.3) is 0 Å². The molecule has 2 aliphatic rings. The third-order valence-corrected chi connectivity index (χ3v) is 5.94. The van der Waals surface area contributed by atoms with Gasteiger partial charge in [0.15, 0.2) is 0 Å². The van der Waals surface area contributed by atoms with Crippen LogP contribution in [-0.2, 0) is 6.54 Å². The van der Waals surface area contributed by atoms with Gasteiger partial charge in [0.2, 0.25) is 0 Å². The molecule has 1 amide bonds. The quantitative estimate of drug-likeness (QED) is 0.900. The summed E-state index contributed by atoms with van der Waals surface area (Å²) in [5.41, 5.74) is 3.28. The van der Waals surface area contributed by atoms with Crippen LogP contribution in [0.3, 0.4) is 0 Å². The molecular weight excluding hydrogens is 338 g/mol. The largest absolute Gasteiger partial charge is 0.348 e. The Bertz CT molecular complexity index is 726. The van der Waals surface area contributed by atoms with Gasteiger partial charge >= 0.3 is 0 Å². The normalized spacial score (nSPS) is 20.1. The molecule has 2 fully saturated rings. The molecule has 0 radical (unpaired) electrons. The number of nitrogens with zero attached hydrogens (tertiary/aromatic N) is 4. The van der Waals surface area contributed by atoms with E-state index >= 15 is 0 Å². The number of benzene rings is 1. The lowest BCUT2D eigenvalue weighted by atomic mass is 9.93. The van der Waals surface area contributed by atoms with Gasteiger partial charge in [-0.15, -0.1) is 0 Å². The van der Waals surface area contributed by atoms with E-state index in [0.29, 0.717) is 5.92 Å². The lowest BCUT2D eigenvalue weighted by molar-refractivity contribution is 0.0712. The van der Waals surface area contributed by atoms with E-state index in [4.69, 9.17) is 0 Å². The Morgan fingerprint density at radius 1 is 1.07 bits per heavy atom. The molecule has 144 valence electrons. The highest BCUT2D eigenvalue weighted by molar-refractivity contribution is 5.94. The summed E-state index contributed by atoms with van der Waals surface area (Å²) in [6.07, 6.45) is 5.63. The fourth-order valence-electron chi connectivity index (χ4n) is 4.08. The van der Waals surface area contributed by atoms with Crippen LogP contribution >= 0.6 is 0 Å². The number of H-pyrrole nitrogens is 1. The molecule has 0 bridgehead atoms. The molecule has 0 unspecified atom stereocenters. The SMILES string of the molecule is CN1CCN(Cc2ccc(C(=O)N3CCC(c4cnc[nH]4)CC3)cc2)CC1. The number of rotatable bonds is 4. The van der Waals surface area contributed by atoms with E-state index in [1.807, 2.05) is 23.2 Å². The number of piperidine rings is 1. The molecule has 4 rings (SSSR count). The van der Waals surface area contributed by atoms with Gasteiger partial charge in [0, 0.05) is 69.2 Å². The fourth-order valence-corrected chi connectivity index (χ4v) is 4.08. The van der Waals surface area contributed by atoms with Crippen LogP contribution in [0.5, 0.6) is 0 Å². The van der Waals surface area contributed by atoms with Crippen molar-refractivity contribution in [2.75, 3.05) is 46.3 Å². The fraction of sp³-hybridized carbons (Fsp3) is 0.524. The van der Waals surface area contributed by atoms with Crippen LogP contribution in [0, 0.1) is 0 Å². The summed E-state index contributed by atoms with van der Waals surface area (Å²) in [5.74, 6) is 0.645. The van der Waals surface area contributed by atoms with Crippen LogP contribution in [0.4, 0.5) is 0 Å². The van der Waals surface area contributed by atoms with Crippen molar-refractivity contribution in [2.24, 2.45) is 0 Å². The van der Waals surface area contributed by atoms with Crippen molar-refractivity contribution in [2.45, 2.75) is 25.3 Å². The predicted molar refractivity (Wildman–Crippen MR) is 106 cm³/mol. The number of hydrogen-bond donors (Lipinski definition) is 1. The zero-order valence-corrected chi connectivity index (χ0v) is 16.1. The Morgan fingerprint density at radius 2 is 1.78 bits per heavy atom. The molecule has 0 spiro atoms. The van der Waals surface area contributed by atoms with Gasteiger partial charge in [-0.3, -0.25) is 9.69 Å². The lowest BCUT2D eigenvalue weighted by Crippen LogP contribution is -2.43. The third kappa shape index (κ3) is 4.39. The van der Waals surface area contributed by atoms with E-state index in [-0.39, 0.29) is 5.91 Å². The molecule has 3 heterocycles. The molecule has 0 atom stereocenters. The number of carbonyl (C=O) groups is 1. The molecule has 1 aromatic heterocycles. The summed E-state index contributed by atoms with van der Waals surface area (Å²) in [7, 11) is 2.18. The minimum absolute atomic E-state index is 0.157. The monoisotopic (exact) mass is 367 g/mol. The summed E-state index contributed by atoms with van der Waals surface area (Å²) < 4.78 is 0. The summed E-state index contributed by atoms with van der Waals surface area (Å²) >= 11 is 0. The predicted octanol–water partition coefficient (Wildman–Crippen LogP) is 2.18. The smallest absolute Gasteiger partial charge is 0.253 e. The second-order valence-electron chi connectivity index (χ2n) is 7.85. The minimum atomic E-state index is 0.157. The maximum Gasteiger partial charge on any atom is 0.253 e. The average molecular weight is 367 g/mol. The van der Waals surface area contributed by atoms with E-state index in [2.05, 4.69) is 38.9 Å². The Hall–Kier alpha value is -2.18. The number of nitrogens with one attached hydrogen (secondary N) is 1. The van der Waals surface area contributed by atoms with Crippen molar-refractivity contribution in [3.63, 3.8) is 0 Å². The van der Waals surface area contributed by atoms with Gasteiger partial charge in [-0.2, -0.15) is 0 Å². The van der Waals surface area contributed by atoms with Crippen molar-refractivity contribution >= 4 is 5.91 Å². The standard InChI is InChI=1S/C21H29N5O/c1-24-10-12-25(13-11-24)15-17-2-4-19(5-3-17)21(27)26-8-6-18(7-9-26)20-14-22-16-23-20/h2-5,14,16,18H,6-13,15H2,1H3,(H,22,23). The van der Waals surface area contributed by atoms with Gasteiger partial charge in [-0.05, 0) is 37.6 Å². The van der Waals surface area contributed by atoms with Gasteiger partial charge < -0.3 is 14.8 Å². The average Bonchev–Trinajstić information content (AvgIpc) is 3.25. The number of hydrogen-bond acceptors (Lipinski definition) is 4. The first-order valence-corrected chi connectivity index (χ1v) is 9.96. The first kappa shape index (κ1) is 18.2. The van der Waals surface area contributed by atoms with E-state index < -0.39 is 0 Å². The molecule has 2 saturated heterocycles. The summed E-state index contributed by atoms with van der Waals surface area (Å²) in [6, 6.07) is 8.22. The first-order chi connectivity index (χ1) is 13.2. The van der Waals surface area contributed by atoms with Gasteiger partial charge in [0.1, 0.15) is 0 Å². The van der Waals surface area contributed by atoms with Gasteiger partial charge in [0.05, 0.1) is 6.33 Å². The maximum absolute atomic E-state index is 12.8. The highest BCUT2D eigenvalue weighted by Crippen LogP contribution is 2.27. The second-order valence-corrected chi connectivity index (χ2v) is 7.85. The molecular formula is C21H29N5O. The summed E-state index contributed by atoms with van der Waals surface area (Å²) in [4.78, 5) is 27.0. The molecule has 0 aliphatic carbocycles. The lowest BCUT2D eigenvalue weighted by Gasteiger charge is -2.32. The van der Waals surface area contributed by atoms with Crippen molar-refractivity contribution in [1.82, 2.24) is 24.7 Å². The maximum atomic E-state index is 12.8. The third-order valence-electron chi connectivity index (χ3n) is 5.94. The molecule has 27 heavy (non-hydrogen) atoms. The zero-order valence-electron chi connectivity index (χ0n) is 16.1. The number of likely N-dealkylation sites (tertiary alicyclic amines) is 1. The van der Waals surface area contributed by atoms with Crippen LogP contribution < -0.4 is 0 Å². The molecule has 6 nitrogen and oxygen atoms in total. The number of carbonyl (C=O) groups excluding carboxylic acids is 1. The van der Waals surface area contributed by atoms with Gasteiger partial charge in [-0.1, -0.05) is 12.1 Å². The van der Waals surface area contributed by atoms with E-state index in [1.165, 1.54) is 11.3 Å². The Balaban J connectivity index is 1.30. The number of piperazine rings is 1. The highest BCUT2D eigenvalue weighted by atomic mass is 16.2. The molecule has 2 aromatic rings. The number of amides is 1. The Morgan fingerprint density at radius 3 is 2.41 bits per heavy atom. The van der Waals surface area contributed by atoms with E-state index in [9.17, 15) is 4.79 Å². The van der Waals surface area contributed by atoms with E-state index in [0.717, 1.165) is 64.2 Å². The zero-order chi connectivity index (χ0) is 18.6. The number of aromatic amines is 1. The molecule has 1 N–H and O–H groups in total. The van der Waals surface area contributed by atoms with Crippen molar-refractivity contribution in [1.29, 1.82) is 0 Å². The second kappa shape index (κ2) is 8.23. The first-order valence-electron chi connectivity index (χ1n) is 9.96. The number of likely N-dealkylation sites (N-methyl/N-ethyl adjacent to an activating group) is 1. The van der Waals surface area contributed by atoms with Crippen LogP contribution in [-0.4, -0.2) is 76.9 Å². The molecule has 1 aromatic carbocycles. The summed E-state index contributed by atoms with van der Waals surface area (Å²) in [5, 5.41) is 0. The van der Waals surface area contributed by atoms with Crippen LogP contribution in [0.15, 0.2) is 36.8 Å². The molecule has 6 heteroatoms. The topological polar surface area (TPSA) is 55.5 Å². The van der Waals surface area contributed by atoms with E-state index in [1.54, 1.807) is 6.33 Å². The van der Waals surface area contributed by atoms with Gasteiger partial charge in [0.25, 0.3) is 5.91 Å². The Kier molecular flexibility index (Phi) is 5.55. The summed E-state index contributed by atoms with van der Waals surface area (Å²) in [6.45, 7) is 7.08. The highest BCUT2D eigenvalue weighted by Gasteiger charge is 2.25. The minimum Gasteiger partial charge on any atom is -0.348 e. The van der Waals surface area contributed by atoms with Crippen molar-refractivity contribution < 1.29 is 4.79 Å². The van der Waals surface area contributed by atoms with Crippen LogP contribution in [0.2, 0.25) is 0 Å². The van der Waals surface area contributed by atoms with Crippen LogP contribution in [0.1, 0.15) is 40.4 Å². The number of imidazole rings is 1. The van der Waals surface area contributed by atoms with Crippen molar-refractivity contribution in [3.8, 4) is 0 Å².